The van der Waals surface area contributed by atoms with E-state index in [4.69, 9.17) is 4.74 Å². The van der Waals surface area contributed by atoms with Crippen molar-refractivity contribution in [3.63, 3.8) is 0 Å². The summed E-state index contributed by atoms with van der Waals surface area (Å²) in [4.78, 5) is 61.2. The number of nitrogens with zero attached hydrogens (tertiary/aromatic N) is 3. The molecule has 1 aliphatic heterocycles. The second kappa shape index (κ2) is 12.1. The molecule has 0 bridgehead atoms. The van der Waals surface area contributed by atoms with E-state index in [-0.39, 0.29) is 22.5 Å². The number of esters is 1. The first kappa shape index (κ1) is 28.2. The number of nitrogens with one attached hydrogen (secondary N) is 2. The molecular weight excluding hydrogens is 590 g/mol. The molecule has 5 aromatic rings. The minimum Gasteiger partial charge on any atom is -0.465 e. The molecule has 1 fully saturated rings. The number of anilines is 3. The van der Waals surface area contributed by atoms with Crippen molar-refractivity contribution in [1.29, 1.82) is 0 Å². The Bertz CT molecular complexity index is 1790. The van der Waals surface area contributed by atoms with Crippen LogP contribution in [-0.4, -0.2) is 53.0 Å². The van der Waals surface area contributed by atoms with Crippen molar-refractivity contribution in [2.75, 3.05) is 22.6 Å². The predicted molar refractivity (Wildman–Crippen MR) is 162 cm³/mol. The van der Waals surface area contributed by atoms with Gasteiger partial charge in [0.05, 0.1) is 30.1 Å². The molecule has 2 N–H and O–H groups in total. The molecule has 2 atom stereocenters. The minimum atomic E-state index is -1.02. The van der Waals surface area contributed by atoms with E-state index in [1.54, 1.807) is 24.3 Å². The van der Waals surface area contributed by atoms with Crippen LogP contribution in [0.2, 0.25) is 0 Å². The van der Waals surface area contributed by atoms with Crippen LogP contribution in [0.15, 0.2) is 85.1 Å². The van der Waals surface area contributed by atoms with Crippen molar-refractivity contribution < 1.29 is 28.7 Å². The minimum absolute atomic E-state index is 0.188. The maximum atomic E-state index is 13.6. The molecule has 0 radical (unpaired) electrons. The number of methoxy groups -OCH3 is 1. The molecule has 43 heavy (non-hydrogen) atoms. The monoisotopic (exact) mass is 613 g/mol. The summed E-state index contributed by atoms with van der Waals surface area (Å²) in [5.41, 5.74) is 2.60. The number of benzene rings is 3. The zero-order valence-corrected chi connectivity index (χ0v) is 24.2. The van der Waals surface area contributed by atoms with Crippen LogP contribution in [0.5, 0.6) is 0 Å². The zero-order chi connectivity index (χ0) is 29.9. The Hall–Kier alpha value is -4.98. The Morgan fingerprint density at radius 2 is 1.63 bits per heavy atom. The van der Waals surface area contributed by atoms with Gasteiger partial charge in [0, 0.05) is 11.3 Å². The average Bonchev–Trinajstić information content (AvgIpc) is 3.53. The van der Waals surface area contributed by atoms with Crippen molar-refractivity contribution in [3.8, 4) is 0 Å². The molecule has 6 rings (SSSR count). The van der Waals surface area contributed by atoms with Crippen LogP contribution in [0.3, 0.4) is 0 Å². The lowest BCUT2D eigenvalue weighted by molar-refractivity contribution is -0.120. The average molecular weight is 614 g/mol. The van der Waals surface area contributed by atoms with E-state index in [9.17, 15) is 19.2 Å². The van der Waals surface area contributed by atoms with E-state index in [0.29, 0.717) is 16.4 Å². The van der Waals surface area contributed by atoms with Crippen molar-refractivity contribution in [2.24, 2.45) is 0 Å². The highest BCUT2D eigenvalue weighted by Gasteiger charge is 2.52. The first-order valence-electron chi connectivity index (χ1n) is 13.0. The fourth-order valence-electron chi connectivity index (χ4n) is 4.31. The normalized spacial score (nSPS) is 15.5. The molecule has 1 aliphatic rings. The van der Waals surface area contributed by atoms with Gasteiger partial charge in [-0.1, -0.05) is 65.1 Å². The molecule has 2 unspecified atom stereocenters. The highest BCUT2D eigenvalue weighted by Crippen LogP contribution is 2.31. The van der Waals surface area contributed by atoms with E-state index >= 15 is 0 Å². The first-order valence-corrected chi connectivity index (χ1v) is 14.7. The number of hydrogen-bond acceptors (Lipinski definition) is 10. The Morgan fingerprint density at radius 3 is 2.37 bits per heavy atom. The number of ether oxygens (including phenoxy) is 2. The molecule has 0 spiro atoms. The maximum Gasteiger partial charge on any atom is 0.349 e. The molecule has 11 nitrogen and oxygen atoms in total. The van der Waals surface area contributed by atoms with Crippen molar-refractivity contribution in [3.05, 3.63) is 101 Å². The van der Waals surface area contributed by atoms with Gasteiger partial charge in [0.25, 0.3) is 17.7 Å². The summed E-state index contributed by atoms with van der Waals surface area (Å²) in [6, 6.07) is 23.6. The summed E-state index contributed by atoms with van der Waals surface area (Å²) in [6.45, 7) is 0.222. The largest absolute Gasteiger partial charge is 0.465 e. The number of carbonyl (C=O) groups is 4. The third-order valence-electron chi connectivity index (χ3n) is 6.52. The van der Waals surface area contributed by atoms with Gasteiger partial charge in [0.1, 0.15) is 4.88 Å². The first-order chi connectivity index (χ1) is 20.9. The summed E-state index contributed by atoms with van der Waals surface area (Å²) in [5.74, 6) is -1.85. The molecule has 3 heterocycles. The number of fused-ring (bicyclic) bond motifs is 1. The molecule has 13 heteroatoms. The van der Waals surface area contributed by atoms with Crippen LogP contribution in [0.4, 0.5) is 16.0 Å². The number of aromatic nitrogens is 2. The number of hydrogen-bond donors (Lipinski definition) is 2. The highest BCUT2D eigenvalue weighted by molar-refractivity contribution is 7.22. The topological polar surface area (TPSA) is 143 Å². The van der Waals surface area contributed by atoms with Gasteiger partial charge in [0.15, 0.2) is 22.5 Å². The van der Waals surface area contributed by atoms with Crippen LogP contribution < -0.4 is 15.5 Å². The molecule has 216 valence electrons. The smallest absolute Gasteiger partial charge is 0.349 e. The van der Waals surface area contributed by atoms with E-state index in [1.165, 1.54) is 29.5 Å². The van der Waals surface area contributed by atoms with E-state index in [0.717, 1.165) is 27.1 Å². The lowest BCUT2D eigenvalue weighted by Crippen LogP contribution is -2.36. The number of rotatable bonds is 9. The van der Waals surface area contributed by atoms with Crippen molar-refractivity contribution in [2.45, 2.75) is 18.8 Å². The van der Waals surface area contributed by atoms with Crippen LogP contribution in [0.1, 0.15) is 25.6 Å². The third-order valence-corrected chi connectivity index (χ3v) is 8.37. The maximum absolute atomic E-state index is 13.6. The van der Waals surface area contributed by atoms with Crippen LogP contribution in [0, 0.1) is 0 Å². The number of carbonyl (C=O) groups excluding carboxylic acids is 4. The van der Waals surface area contributed by atoms with Crippen molar-refractivity contribution in [1.82, 2.24) is 9.97 Å². The Balaban J connectivity index is 1.15. The van der Waals surface area contributed by atoms with Gasteiger partial charge in [0.2, 0.25) is 0 Å². The Labute approximate surface area is 253 Å². The quantitative estimate of drug-likeness (QED) is 0.179. The predicted octanol–water partition coefficient (Wildman–Crippen LogP) is 4.73. The van der Waals surface area contributed by atoms with Crippen LogP contribution in [-0.2, 0) is 25.6 Å². The van der Waals surface area contributed by atoms with Gasteiger partial charge in [-0.05, 0) is 42.0 Å². The number of para-hydroxylation sites is 1. The van der Waals surface area contributed by atoms with Gasteiger partial charge in [-0.25, -0.2) is 14.8 Å². The van der Waals surface area contributed by atoms with Gasteiger partial charge in [-0.3, -0.25) is 25.0 Å². The molecular formula is C30H23N5O6S2. The van der Waals surface area contributed by atoms with Crippen LogP contribution in [0.25, 0.3) is 10.2 Å². The van der Waals surface area contributed by atoms with Gasteiger partial charge in [-0.15, -0.1) is 0 Å². The molecule has 1 saturated heterocycles. The standard InChI is InChI=1S/C30H23N5O6S2/c1-40-28(39)22-15-31-29(43-22)34-26(37)23-24(41-23)27(38)35(16-17-7-3-2-4-8-17)19-13-11-18(12-14-19)25(36)33-30-32-20-9-5-6-10-21(20)42-30/h2-15,23-24H,16H2,1H3,(H,31,34,37)(H,32,33,36). The second-order valence-corrected chi connectivity index (χ2v) is 11.4. The van der Waals surface area contributed by atoms with Gasteiger partial charge < -0.3 is 14.4 Å². The summed E-state index contributed by atoms with van der Waals surface area (Å²) in [6.07, 6.45) is -0.728. The van der Waals surface area contributed by atoms with Crippen LogP contribution >= 0.6 is 22.7 Å². The second-order valence-electron chi connectivity index (χ2n) is 9.39. The molecule has 3 amide bonds. The van der Waals surface area contributed by atoms with Crippen molar-refractivity contribution >= 4 is 72.5 Å². The lowest BCUT2D eigenvalue weighted by atomic mass is 10.1. The Morgan fingerprint density at radius 1 is 0.884 bits per heavy atom. The highest BCUT2D eigenvalue weighted by atomic mass is 32.1. The lowest BCUT2D eigenvalue weighted by Gasteiger charge is -2.22. The SMILES string of the molecule is COC(=O)c1cnc(NC(=O)C2OC2C(=O)N(Cc2ccccc2)c2ccc(C(=O)Nc3nc4ccccc4s3)cc2)s1. The number of amides is 3. The summed E-state index contributed by atoms with van der Waals surface area (Å²) >= 11 is 2.34. The zero-order valence-electron chi connectivity index (χ0n) is 22.6. The van der Waals surface area contributed by atoms with E-state index in [2.05, 4.69) is 25.3 Å². The summed E-state index contributed by atoms with van der Waals surface area (Å²) in [7, 11) is 1.25. The Kier molecular flexibility index (Phi) is 7.92. The third kappa shape index (κ3) is 6.28. The fourth-order valence-corrected chi connectivity index (χ4v) is 5.91. The molecule has 0 saturated carbocycles. The fraction of sp³-hybridized carbons (Fsp3) is 0.133. The molecule has 3 aromatic carbocycles. The number of thiazole rings is 2. The number of epoxide rings is 1. The molecule has 0 aliphatic carbocycles. The van der Waals surface area contributed by atoms with Gasteiger partial charge in [-0.2, -0.15) is 0 Å². The van der Waals surface area contributed by atoms with E-state index < -0.39 is 30.0 Å². The molecule has 2 aromatic heterocycles. The van der Waals surface area contributed by atoms with Gasteiger partial charge >= 0.3 is 5.97 Å². The summed E-state index contributed by atoms with van der Waals surface area (Å²) in [5, 5.41) is 6.09. The summed E-state index contributed by atoms with van der Waals surface area (Å²) < 4.78 is 11.1. The van der Waals surface area contributed by atoms with E-state index in [1.807, 2.05) is 54.6 Å².